The van der Waals surface area contributed by atoms with E-state index in [9.17, 15) is 9.18 Å². The van der Waals surface area contributed by atoms with E-state index in [1.807, 2.05) is 7.05 Å². The number of fused-ring (bicyclic) bond motifs is 2. The van der Waals surface area contributed by atoms with Crippen LogP contribution in [-0.2, 0) is 11.3 Å². The van der Waals surface area contributed by atoms with E-state index in [0.717, 1.165) is 18.4 Å². The van der Waals surface area contributed by atoms with Gasteiger partial charge in [0.15, 0.2) is 0 Å². The van der Waals surface area contributed by atoms with Gasteiger partial charge in [-0.05, 0) is 42.4 Å². The summed E-state index contributed by atoms with van der Waals surface area (Å²) in [7, 11) is 1.83. The zero-order valence-corrected chi connectivity index (χ0v) is 11.1. The molecule has 3 atom stereocenters. The van der Waals surface area contributed by atoms with Crippen LogP contribution in [0.4, 0.5) is 4.39 Å². The summed E-state index contributed by atoms with van der Waals surface area (Å²) in [5, 5.41) is 0. The normalized spacial score (nSPS) is 27.8. The van der Waals surface area contributed by atoms with E-state index >= 15 is 0 Å². The summed E-state index contributed by atoms with van der Waals surface area (Å²) in [5.41, 5.74) is 0.968. The topological polar surface area (TPSA) is 20.3 Å². The molecule has 0 aliphatic heterocycles. The van der Waals surface area contributed by atoms with Crippen LogP contribution < -0.4 is 0 Å². The Bertz CT molecular complexity index is 508. The van der Waals surface area contributed by atoms with Crippen LogP contribution in [0, 0.1) is 23.6 Å². The van der Waals surface area contributed by atoms with E-state index in [0.29, 0.717) is 18.4 Å². The lowest BCUT2D eigenvalue weighted by Crippen LogP contribution is -2.34. The number of rotatable bonds is 3. The van der Waals surface area contributed by atoms with Crippen molar-refractivity contribution in [3.05, 3.63) is 47.8 Å². The lowest BCUT2D eigenvalue weighted by molar-refractivity contribution is -0.135. The van der Waals surface area contributed by atoms with Crippen molar-refractivity contribution in [1.82, 2.24) is 4.90 Å². The van der Waals surface area contributed by atoms with E-state index in [1.54, 1.807) is 17.0 Å². The van der Waals surface area contributed by atoms with Crippen LogP contribution in [0.25, 0.3) is 0 Å². The third-order valence-corrected chi connectivity index (χ3v) is 4.31. The van der Waals surface area contributed by atoms with Gasteiger partial charge >= 0.3 is 0 Å². The standard InChI is InChI=1S/C16H18FNO/c1-18(10-11-3-6-14(17)7-4-11)16(19)15-9-12-2-5-13(15)8-12/h2-7,12-13,15H,8-10H2,1H3. The van der Waals surface area contributed by atoms with Crippen LogP contribution in [-0.4, -0.2) is 17.9 Å². The second-order valence-corrected chi connectivity index (χ2v) is 5.71. The average molecular weight is 259 g/mol. The lowest BCUT2D eigenvalue weighted by Gasteiger charge is -2.24. The highest BCUT2D eigenvalue weighted by atomic mass is 19.1. The van der Waals surface area contributed by atoms with Gasteiger partial charge in [0.1, 0.15) is 5.82 Å². The highest BCUT2D eigenvalue weighted by molar-refractivity contribution is 5.79. The van der Waals surface area contributed by atoms with Crippen LogP contribution in [0.1, 0.15) is 18.4 Å². The maximum absolute atomic E-state index is 12.8. The lowest BCUT2D eigenvalue weighted by atomic mass is 9.92. The molecule has 0 aromatic heterocycles. The quantitative estimate of drug-likeness (QED) is 0.764. The van der Waals surface area contributed by atoms with Crippen LogP contribution in [0.15, 0.2) is 36.4 Å². The predicted molar refractivity (Wildman–Crippen MR) is 71.7 cm³/mol. The van der Waals surface area contributed by atoms with Gasteiger partial charge in [0.2, 0.25) is 5.91 Å². The Morgan fingerprint density at radius 2 is 2.00 bits per heavy atom. The zero-order valence-electron chi connectivity index (χ0n) is 11.1. The molecule has 1 fully saturated rings. The number of carbonyl (C=O) groups is 1. The third-order valence-electron chi connectivity index (χ3n) is 4.31. The number of benzene rings is 1. The highest BCUT2D eigenvalue weighted by Gasteiger charge is 2.40. The number of allylic oxidation sites excluding steroid dienone is 2. The summed E-state index contributed by atoms with van der Waals surface area (Å²) < 4.78 is 12.8. The Morgan fingerprint density at radius 3 is 2.58 bits per heavy atom. The van der Waals surface area contributed by atoms with Crippen molar-refractivity contribution in [2.75, 3.05) is 7.05 Å². The molecule has 2 bridgehead atoms. The zero-order chi connectivity index (χ0) is 13.4. The van der Waals surface area contributed by atoms with Crippen LogP contribution in [0.5, 0.6) is 0 Å². The molecule has 1 saturated carbocycles. The summed E-state index contributed by atoms with van der Waals surface area (Å²) >= 11 is 0. The first-order chi connectivity index (χ1) is 9.13. The van der Waals surface area contributed by atoms with Crippen LogP contribution in [0.3, 0.4) is 0 Å². The van der Waals surface area contributed by atoms with Crippen molar-refractivity contribution >= 4 is 5.91 Å². The first kappa shape index (κ1) is 12.4. The van der Waals surface area contributed by atoms with Crippen molar-refractivity contribution in [2.45, 2.75) is 19.4 Å². The number of halogens is 1. The molecule has 0 N–H and O–H groups in total. The van der Waals surface area contributed by atoms with Crippen molar-refractivity contribution in [2.24, 2.45) is 17.8 Å². The minimum atomic E-state index is -0.240. The Morgan fingerprint density at radius 1 is 1.26 bits per heavy atom. The molecule has 2 nitrogen and oxygen atoms in total. The van der Waals surface area contributed by atoms with Gasteiger partial charge < -0.3 is 4.90 Å². The van der Waals surface area contributed by atoms with Gasteiger partial charge in [-0.1, -0.05) is 24.3 Å². The fourth-order valence-corrected chi connectivity index (χ4v) is 3.29. The largest absolute Gasteiger partial charge is 0.341 e. The van der Waals surface area contributed by atoms with E-state index in [2.05, 4.69) is 12.2 Å². The molecule has 1 aromatic carbocycles. The van der Waals surface area contributed by atoms with Gasteiger partial charge in [-0.25, -0.2) is 4.39 Å². The first-order valence-electron chi connectivity index (χ1n) is 6.81. The molecule has 3 unspecified atom stereocenters. The summed E-state index contributed by atoms with van der Waals surface area (Å²) in [5.74, 6) is 1.18. The minimum absolute atomic E-state index is 0.153. The average Bonchev–Trinajstić information content (AvgIpc) is 3.03. The van der Waals surface area contributed by atoms with Gasteiger partial charge in [0.25, 0.3) is 0 Å². The van der Waals surface area contributed by atoms with Crippen LogP contribution >= 0.6 is 0 Å². The predicted octanol–water partition coefficient (Wildman–Crippen LogP) is 3.00. The van der Waals surface area contributed by atoms with Gasteiger partial charge in [-0.15, -0.1) is 0 Å². The Hall–Kier alpha value is -1.64. The fraction of sp³-hybridized carbons (Fsp3) is 0.438. The van der Waals surface area contributed by atoms with E-state index < -0.39 is 0 Å². The smallest absolute Gasteiger partial charge is 0.226 e. The monoisotopic (exact) mass is 259 g/mol. The third kappa shape index (κ3) is 2.42. The molecule has 2 aliphatic rings. The molecule has 3 rings (SSSR count). The highest BCUT2D eigenvalue weighted by Crippen LogP contribution is 2.44. The summed E-state index contributed by atoms with van der Waals surface area (Å²) in [4.78, 5) is 14.2. The molecule has 3 heteroatoms. The molecule has 19 heavy (non-hydrogen) atoms. The second-order valence-electron chi connectivity index (χ2n) is 5.71. The molecule has 0 spiro atoms. The van der Waals surface area contributed by atoms with Crippen molar-refractivity contribution < 1.29 is 9.18 Å². The van der Waals surface area contributed by atoms with Gasteiger partial charge in [0, 0.05) is 19.5 Å². The number of amides is 1. The maximum atomic E-state index is 12.8. The molecule has 1 aromatic rings. The Balaban J connectivity index is 1.64. The van der Waals surface area contributed by atoms with Crippen molar-refractivity contribution in [3.63, 3.8) is 0 Å². The molecular weight excluding hydrogens is 241 g/mol. The van der Waals surface area contributed by atoms with Crippen LogP contribution in [0.2, 0.25) is 0 Å². The SMILES string of the molecule is CN(Cc1ccc(F)cc1)C(=O)C1CC2C=CC1C2. The molecular formula is C16H18FNO. The Kier molecular flexibility index (Phi) is 3.13. The molecule has 0 heterocycles. The number of hydrogen-bond donors (Lipinski definition) is 0. The van der Waals surface area contributed by atoms with Gasteiger partial charge in [-0.3, -0.25) is 4.79 Å². The van der Waals surface area contributed by atoms with E-state index in [-0.39, 0.29) is 17.6 Å². The number of carbonyl (C=O) groups excluding carboxylic acids is 1. The number of hydrogen-bond acceptors (Lipinski definition) is 1. The molecule has 1 amide bonds. The van der Waals surface area contributed by atoms with E-state index in [4.69, 9.17) is 0 Å². The number of nitrogens with zero attached hydrogens (tertiary/aromatic N) is 1. The van der Waals surface area contributed by atoms with Crippen molar-refractivity contribution in [1.29, 1.82) is 0 Å². The van der Waals surface area contributed by atoms with Gasteiger partial charge in [-0.2, -0.15) is 0 Å². The maximum Gasteiger partial charge on any atom is 0.226 e. The minimum Gasteiger partial charge on any atom is -0.341 e. The molecule has 0 saturated heterocycles. The Labute approximate surface area is 112 Å². The molecule has 2 aliphatic carbocycles. The molecule has 0 radical (unpaired) electrons. The first-order valence-corrected chi connectivity index (χ1v) is 6.81. The van der Waals surface area contributed by atoms with Gasteiger partial charge in [0.05, 0.1) is 0 Å². The summed E-state index contributed by atoms with van der Waals surface area (Å²) in [6, 6.07) is 6.35. The summed E-state index contributed by atoms with van der Waals surface area (Å²) in [6.45, 7) is 0.552. The fourth-order valence-electron chi connectivity index (χ4n) is 3.29. The molecule has 100 valence electrons. The van der Waals surface area contributed by atoms with Crippen molar-refractivity contribution in [3.8, 4) is 0 Å². The second kappa shape index (κ2) is 4.80. The van der Waals surface area contributed by atoms with E-state index in [1.165, 1.54) is 12.1 Å². The summed E-state index contributed by atoms with van der Waals surface area (Å²) in [6.07, 6.45) is 6.57.